The maximum absolute atomic E-state index is 9.07. The molecule has 1 saturated heterocycles. The first kappa shape index (κ1) is 19.7. The summed E-state index contributed by atoms with van der Waals surface area (Å²) in [6.45, 7) is 9.37. The molecule has 0 radical (unpaired) electrons. The Morgan fingerprint density at radius 1 is 1.50 bits per heavy atom. The molecule has 7 nitrogen and oxygen atoms in total. The van der Waals surface area contributed by atoms with Gasteiger partial charge >= 0.3 is 0 Å². The Labute approximate surface area is 156 Å². The highest BCUT2D eigenvalue weighted by molar-refractivity contribution is 5.93. The second-order valence-corrected chi connectivity index (χ2v) is 6.31. The molecular weight excluding hydrogens is 328 g/mol. The fourth-order valence-electron chi connectivity index (χ4n) is 2.70. The second-order valence-electron chi connectivity index (χ2n) is 6.31. The first-order valence-corrected chi connectivity index (χ1v) is 9.03. The molecule has 1 atom stereocenters. The van der Waals surface area contributed by atoms with Crippen molar-refractivity contribution in [2.45, 2.75) is 32.2 Å². The number of anilines is 1. The van der Waals surface area contributed by atoms with Gasteiger partial charge in [-0.15, -0.1) is 0 Å². The Hall–Kier alpha value is -2.59. The number of piperidine rings is 1. The van der Waals surface area contributed by atoms with Crippen LogP contribution in [0.3, 0.4) is 0 Å². The summed E-state index contributed by atoms with van der Waals surface area (Å²) in [5.74, 6) is 1.89. The molecule has 26 heavy (non-hydrogen) atoms. The summed E-state index contributed by atoms with van der Waals surface area (Å²) >= 11 is 0. The van der Waals surface area contributed by atoms with Gasteiger partial charge in [-0.25, -0.2) is 9.98 Å². The molecule has 1 aliphatic rings. The zero-order valence-electron chi connectivity index (χ0n) is 15.7. The highest BCUT2D eigenvalue weighted by Crippen LogP contribution is 2.14. The molecule has 0 aromatic carbocycles. The fourth-order valence-corrected chi connectivity index (χ4v) is 2.70. The van der Waals surface area contributed by atoms with Crippen molar-refractivity contribution in [3.8, 4) is 11.8 Å². The average Bonchev–Trinajstić information content (AvgIpc) is 2.68. The number of hydrogen-bond acceptors (Lipinski definition) is 5. The van der Waals surface area contributed by atoms with Crippen molar-refractivity contribution in [1.29, 1.82) is 5.26 Å². The van der Waals surface area contributed by atoms with E-state index in [9.17, 15) is 0 Å². The number of guanidine groups is 1. The van der Waals surface area contributed by atoms with Crippen LogP contribution in [0.15, 0.2) is 36.1 Å². The Bertz CT molecular complexity index is 630. The lowest BCUT2D eigenvalue weighted by Crippen LogP contribution is -2.38. The minimum absolute atomic E-state index is 0.321. The SMILES string of the molecule is C=C/N=C(/Nc1ccc(OCCN2CCCCC2)cn1)N(C)C(C)C#N. The molecule has 0 saturated carbocycles. The van der Waals surface area contributed by atoms with E-state index in [0.717, 1.165) is 12.3 Å². The Kier molecular flexibility index (Phi) is 7.90. The lowest BCUT2D eigenvalue weighted by Gasteiger charge is -2.26. The van der Waals surface area contributed by atoms with Crippen LogP contribution in [0.4, 0.5) is 5.82 Å². The van der Waals surface area contributed by atoms with Gasteiger partial charge in [-0.3, -0.25) is 4.90 Å². The van der Waals surface area contributed by atoms with E-state index < -0.39 is 0 Å². The van der Waals surface area contributed by atoms with Crippen molar-refractivity contribution in [2.75, 3.05) is 38.6 Å². The lowest BCUT2D eigenvalue weighted by molar-refractivity contribution is 0.183. The van der Waals surface area contributed by atoms with Crippen molar-refractivity contribution in [3.63, 3.8) is 0 Å². The Balaban J connectivity index is 1.86. The Morgan fingerprint density at radius 3 is 2.88 bits per heavy atom. The van der Waals surface area contributed by atoms with E-state index in [2.05, 4.69) is 32.8 Å². The molecule has 1 N–H and O–H groups in total. The van der Waals surface area contributed by atoms with Crippen LogP contribution in [0.2, 0.25) is 0 Å². The van der Waals surface area contributed by atoms with Gasteiger partial charge in [-0.1, -0.05) is 13.0 Å². The minimum Gasteiger partial charge on any atom is -0.491 e. The molecule has 0 bridgehead atoms. The lowest BCUT2D eigenvalue weighted by atomic mass is 10.1. The van der Waals surface area contributed by atoms with Crippen LogP contribution in [0.25, 0.3) is 0 Å². The number of hydrogen-bond donors (Lipinski definition) is 1. The number of ether oxygens (including phenoxy) is 1. The number of nitrogens with zero attached hydrogens (tertiary/aromatic N) is 5. The van der Waals surface area contributed by atoms with Crippen molar-refractivity contribution < 1.29 is 4.74 Å². The van der Waals surface area contributed by atoms with E-state index in [1.807, 2.05) is 12.1 Å². The predicted molar refractivity (Wildman–Crippen MR) is 104 cm³/mol. The number of nitriles is 1. The van der Waals surface area contributed by atoms with Gasteiger partial charge < -0.3 is 15.0 Å². The number of aromatic nitrogens is 1. The minimum atomic E-state index is -0.321. The van der Waals surface area contributed by atoms with Crippen LogP contribution in [-0.4, -0.2) is 60.1 Å². The molecule has 1 aromatic rings. The number of aliphatic imine (C=N–C) groups is 1. The van der Waals surface area contributed by atoms with E-state index >= 15 is 0 Å². The Morgan fingerprint density at radius 2 is 2.27 bits per heavy atom. The van der Waals surface area contributed by atoms with Crippen molar-refractivity contribution >= 4 is 11.8 Å². The van der Waals surface area contributed by atoms with E-state index in [4.69, 9.17) is 10.00 Å². The highest BCUT2D eigenvalue weighted by Gasteiger charge is 2.14. The van der Waals surface area contributed by atoms with Gasteiger partial charge in [-0.2, -0.15) is 5.26 Å². The molecule has 0 aliphatic carbocycles. The van der Waals surface area contributed by atoms with Gasteiger partial charge in [0, 0.05) is 19.8 Å². The van der Waals surface area contributed by atoms with Gasteiger partial charge in [0.15, 0.2) is 0 Å². The van der Waals surface area contributed by atoms with Gasteiger partial charge in [-0.05, 0) is 45.0 Å². The van der Waals surface area contributed by atoms with Crippen LogP contribution in [-0.2, 0) is 0 Å². The molecule has 0 amide bonds. The molecule has 1 aromatic heterocycles. The van der Waals surface area contributed by atoms with E-state index in [1.54, 1.807) is 25.1 Å². The van der Waals surface area contributed by atoms with Gasteiger partial charge in [0.25, 0.3) is 0 Å². The van der Waals surface area contributed by atoms with Crippen LogP contribution in [0.5, 0.6) is 5.75 Å². The summed E-state index contributed by atoms with van der Waals surface area (Å²) in [5.41, 5.74) is 0. The van der Waals surface area contributed by atoms with Gasteiger partial charge in [0.05, 0.1) is 12.3 Å². The maximum atomic E-state index is 9.07. The molecule has 7 heteroatoms. The van der Waals surface area contributed by atoms with E-state index in [-0.39, 0.29) is 6.04 Å². The second kappa shape index (κ2) is 10.4. The summed E-state index contributed by atoms with van der Waals surface area (Å²) in [6, 6.07) is 5.57. The van der Waals surface area contributed by atoms with E-state index in [1.165, 1.54) is 38.6 Å². The zero-order valence-corrected chi connectivity index (χ0v) is 15.7. The monoisotopic (exact) mass is 356 g/mol. The van der Waals surface area contributed by atoms with Crippen molar-refractivity contribution in [1.82, 2.24) is 14.8 Å². The average molecular weight is 356 g/mol. The summed E-state index contributed by atoms with van der Waals surface area (Å²) in [4.78, 5) is 12.7. The molecule has 0 spiro atoms. The third-order valence-electron chi connectivity index (χ3n) is 4.42. The largest absolute Gasteiger partial charge is 0.491 e. The standard InChI is InChI=1S/C19H28N6O/c1-4-21-19(24(3)16(2)14-20)23-18-9-8-17(15-22-18)26-13-12-25-10-6-5-7-11-25/h4,8-9,15-16H,1,5-7,10-13H2,2-3H3,(H,21,22,23). The number of likely N-dealkylation sites (tertiary alicyclic amines) is 1. The topological polar surface area (TPSA) is 76.8 Å². The smallest absolute Gasteiger partial charge is 0.205 e. The fraction of sp³-hybridized carbons (Fsp3) is 0.526. The third-order valence-corrected chi connectivity index (χ3v) is 4.42. The van der Waals surface area contributed by atoms with Crippen LogP contribution < -0.4 is 10.1 Å². The zero-order chi connectivity index (χ0) is 18.8. The normalized spacial score (nSPS) is 16.4. The van der Waals surface area contributed by atoms with Gasteiger partial charge in [0.2, 0.25) is 5.96 Å². The molecule has 2 heterocycles. The molecule has 2 rings (SSSR count). The van der Waals surface area contributed by atoms with Gasteiger partial charge in [0.1, 0.15) is 24.2 Å². The van der Waals surface area contributed by atoms with Crippen molar-refractivity contribution in [2.24, 2.45) is 4.99 Å². The first-order chi connectivity index (χ1) is 12.6. The van der Waals surface area contributed by atoms with Crippen LogP contribution in [0.1, 0.15) is 26.2 Å². The van der Waals surface area contributed by atoms with E-state index in [0.29, 0.717) is 18.4 Å². The number of nitrogens with one attached hydrogen (secondary N) is 1. The third kappa shape index (κ3) is 6.05. The quantitative estimate of drug-likeness (QED) is 0.598. The summed E-state index contributed by atoms with van der Waals surface area (Å²) < 4.78 is 5.79. The molecule has 1 unspecified atom stereocenters. The first-order valence-electron chi connectivity index (χ1n) is 9.03. The van der Waals surface area contributed by atoms with Crippen LogP contribution in [0, 0.1) is 11.3 Å². The highest BCUT2D eigenvalue weighted by atomic mass is 16.5. The molecule has 1 aliphatic heterocycles. The summed E-state index contributed by atoms with van der Waals surface area (Å²) in [7, 11) is 1.79. The summed E-state index contributed by atoms with van der Waals surface area (Å²) in [6.07, 6.45) is 7.04. The number of pyridine rings is 1. The molecule has 1 fully saturated rings. The predicted octanol–water partition coefficient (Wildman–Crippen LogP) is 2.70. The maximum Gasteiger partial charge on any atom is 0.205 e. The van der Waals surface area contributed by atoms with Crippen LogP contribution >= 0.6 is 0 Å². The number of rotatable bonds is 7. The molecule has 140 valence electrons. The van der Waals surface area contributed by atoms with Crippen molar-refractivity contribution in [3.05, 3.63) is 31.1 Å². The molecular formula is C19H28N6O. The summed E-state index contributed by atoms with van der Waals surface area (Å²) in [5, 5.41) is 12.2.